The molecule has 2 aliphatic rings. The van der Waals surface area contributed by atoms with E-state index in [4.69, 9.17) is 4.74 Å². The summed E-state index contributed by atoms with van der Waals surface area (Å²) >= 11 is 0. The highest BCUT2D eigenvalue weighted by Crippen LogP contribution is 2.36. The van der Waals surface area contributed by atoms with Crippen molar-refractivity contribution in [2.45, 2.75) is 69.8 Å². The maximum absolute atomic E-state index is 13.3. The molecule has 0 radical (unpaired) electrons. The molecule has 2 fully saturated rings. The summed E-state index contributed by atoms with van der Waals surface area (Å²) in [5.74, 6) is 0.0957. The number of hydrogen-bond donors (Lipinski definition) is 1. The molecule has 1 N–H and O–H groups in total. The van der Waals surface area contributed by atoms with Gasteiger partial charge in [0.1, 0.15) is 0 Å². The number of carbonyl (C=O) groups excluding carboxylic acids is 1. The summed E-state index contributed by atoms with van der Waals surface area (Å²) < 4.78 is 32.0. The molecule has 0 aromatic heterocycles. The van der Waals surface area contributed by atoms with E-state index in [2.05, 4.69) is 5.32 Å². The SMILES string of the molecule is CCS(=O)(=O)N1CCC(C(=O)NCCCOC2CCCCC2)(c2ccccc2)CC1. The van der Waals surface area contributed by atoms with Gasteiger partial charge in [-0.05, 0) is 44.6 Å². The molecule has 30 heavy (non-hydrogen) atoms. The van der Waals surface area contributed by atoms with Gasteiger partial charge in [-0.3, -0.25) is 4.79 Å². The predicted octanol–water partition coefficient (Wildman–Crippen LogP) is 3.23. The number of piperidine rings is 1. The highest BCUT2D eigenvalue weighted by atomic mass is 32.2. The number of amides is 1. The number of nitrogens with zero attached hydrogens (tertiary/aromatic N) is 1. The number of benzene rings is 1. The second-order valence-electron chi connectivity index (χ2n) is 8.49. The molecule has 1 heterocycles. The fourth-order valence-electron chi connectivity index (χ4n) is 4.66. The van der Waals surface area contributed by atoms with Gasteiger partial charge in [-0.15, -0.1) is 0 Å². The van der Waals surface area contributed by atoms with Gasteiger partial charge in [0, 0.05) is 26.2 Å². The van der Waals surface area contributed by atoms with Gasteiger partial charge >= 0.3 is 0 Å². The zero-order valence-corrected chi connectivity index (χ0v) is 19.0. The lowest BCUT2D eigenvalue weighted by Gasteiger charge is -2.40. The first kappa shape index (κ1) is 23.2. The van der Waals surface area contributed by atoms with Gasteiger partial charge in [0.2, 0.25) is 15.9 Å². The Labute approximate surface area is 181 Å². The highest BCUT2D eigenvalue weighted by Gasteiger charge is 2.44. The Hall–Kier alpha value is -1.44. The van der Waals surface area contributed by atoms with Crippen molar-refractivity contribution in [2.24, 2.45) is 0 Å². The van der Waals surface area contributed by atoms with Crippen LogP contribution in [0, 0.1) is 0 Å². The number of ether oxygens (including phenoxy) is 1. The average Bonchev–Trinajstić information content (AvgIpc) is 2.80. The molecule has 3 rings (SSSR count). The zero-order valence-electron chi connectivity index (χ0n) is 18.1. The number of rotatable bonds is 9. The maximum atomic E-state index is 13.3. The summed E-state index contributed by atoms with van der Waals surface area (Å²) in [5.41, 5.74) is 0.292. The Balaban J connectivity index is 1.57. The highest BCUT2D eigenvalue weighted by molar-refractivity contribution is 7.89. The fourth-order valence-corrected chi connectivity index (χ4v) is 5.76. The molecule has 1 saturated heterocycles. The van der Waals surface area contributed by atoms with E-state index >= 15 is 0 Å². The Bertz CT molecular complexity index is 768. The van der Waals surface area contributed by atoms with Crippen LogP contribution in [0.4, 0.5) is 0 Å². The molecule has 0 bridgehead atoms. The van der Waals surface area contributed by atoms with Crippen molar-refractivity contribution in [1.29, 1.82) is 0 Å². The van der Waals surface area contributed by atoms with Gasteiger partial charge in [0.25, 0.3) is 0 Å². The van der Waals surface area contributed by atoms with Crippen LogP contribution in [-0.4, -0.2) is 56.7 Å². The zero-order chi connectivity index (χ0) is 21.5. The molecule has 1 aromatic carbocycles. The van der Waals surface area contributed by atoms with Crippen LogP contribution in [0.25, 0.3) is 0 Å². The van der Waals surface area contributed by atoms with Gasteiger partial charge in [-0.25, -0.2) is 12.7 Å². The molecular formula is C23H36N2O4S. The van der Waals surface area contributed by atoms with E-state index in [0.717, 1.165) is 24.8 Å². The van der Waals surface area contributed by atoms with Crippen LogP contribution in [0.2, 0.25) is 0 Å². The summed E-state index contributed by atoms with van der Waals surface area (Å²) in [6.07, 6.45) is 8.31. The maximum Gasteiger partial charge on any atom is 0.230 e. The van der Waals surface area contributed by atoms with Gasteiger partial charge in [-0.1, -0.05) is 49.6 Å². The molecule has 0 unspecified atom stereocenters. The molecule has 0 spiro atoms. The quantitative estimate of drug-likeness (QED) is 0.603. The average molecular weight is 437 g/mol. The molecule has 1 aromatic rings. The monoisotopic (exact) mass is 436 g/mol. The standard InChI is InChI=1S/C23H36N2O4S/c1-2-30(27,28)25-17-14-23(15-18-25,20-10-5-3-6-11-20)22(26)24-16-9-19-29-21-12-7-4-8-13-21/h3,5-6,10-11,21H,2,4,7-9,12-19H2,1H3,(H,24,26). The van der Waals surface area contributed by atoms with Crippen LogP contribution < -0.4 is 5.32 Å². The summed E-state index contributed by atoms with van der Waals surface area (Å²) in [7, 11) is -3.23. The van der Waals surface area contributed by atoms with Crippen molar-refractivity contribution in [3.63, 3.8) is 0 Å². The van der Waals surface area contributed by atoms with E-state index in [0.29, 0.717) is 45.2 Å². The number of nitrogens with one attached hydrogen (secondary N) is 1. The topological polar surface area (TPSA) is 75.7 Å². The Morgan fingerprint density at radius 2 is 1.80 bits per heavy atom. The van der Waals surface area contributed by atoms with E-state index in [1.807, 2.05) is 30.3 Å². The first-order valence-electron chi connectivity index (χ1n) is 11.4. The molecule has 1 saturated carbocycles. The first-order valence-corrected chi connectivity index (χ1v) is 13.0. The minimum Gasteiger partial charge on any atom is -0.378 e. The minimum absolute atomic E-state index is 0.0000807. The van der Waals surface area contributed by atoms with Crippen LogP contribution >= 0.6 is 0 Å². The molecular weight excluding hydrogens is 400 g/mol. The van der Waals surface area contributed by atoms with Gasteiger partial charge in [0.05, 0.1) is 17.3 Å². The Kier molecular flexibility index (Phi) is 8.31. The van der Waals surface area contributed by atoms with Crippen LogP contribution in [0.1, 0.15) is 63.9 Å². The predicted molar refractivity (Wildman–Crippen MR) is 119 cm³/mol. The van der Waals surface area contributed by atoms with Crippen molar-refractivity contribution >= 4 is 15.9 Å². The van der Waals surface area contributed by atoms with Gasteiger partial charge < -0.3 is 10.1 Å². The van der Waals surface area contributed by atoms with Crippen LogP contribution in [-0.2, 0) is 25.0 Å². The third kappa shape index (κ3) is 5.62. The third-order valence-corrected chi connectivity index (χ3v) is 8.49. The van der Waals surface area contributed by atoms with Crippen molar-refractivity contribution in [3.05, 3.63) is 35.9 Å². The summed E-state index contributed by atoms with van der Waals surface area (Å²) in [4.78, 5) is 13.3. The summed E-state index contributed by atoms with van der Waals surface area (Å²) in [5, 5.41) is 3.11. The molecule has 1 aliphatic carbocycles. The van der Waals surface area contributed by atoms with E-state index in [1.165, 1.54) is 23.6 Å². The van der Waals surface area contributed by atoms with Crippen LogP contribution in [0.3, 0.4) is 0 Å². The smallest absolute Gasteiger partial charge is 0.230 e. The lowest BCUT2D eigenvalue weighted by molar-refractivity contribution is -0.128. The van der Waals surface area contributed by atoms with Gasteiger partial charge in [-0.2, -0.15) is 0 Å². The first-order chi connectivity index (χ1) is 14.5. The molecule has 1 amide bonds. The lowest BCUT2D eigenvalue weighted by atomic mass is 9.72. The Morgan fingerprint density at radius 3 is 2.43 bits per heavy atom. The van der Waals surface area contributed by atoms with Crippen molar-refractivity contribution in [1.82, 2.24) is 9.62 Å². The minimum atomic E-state index is -3.23. The molecule has 7 heteroatoms. The molecule has 1 aliphatic heterocycles. The van der Waals surface area contributed by atoms with Crippen molar-refractivity contribution in [2.75, 3.05) is 32.0 Å². The Morgan fingerprint density at radius 1 is 1.13 bits per heavy atom. The number of carbonyl (C=O) groups is 1. The van der Waals surface area contributed by atoms with Crippen molar-refractivity contribution < 1.29 is 17.9 Å². The largest absolute Gasteiger partial charge is 0.378 e. The van der Waals surface area contributed by atoms with E-state index in [1.54, 1.807) is 6.92 Å². The normalized spacial score (nSPS) is 20.7. The van der Waals surface area contributed by atoms with E-state index in [9.17, 15) is 13.2 Å². The molecule has 6 nitrogen and oxygen atoms in total. The summed E-state index contributed by atoms with van der Waals surface area (Å²) in [6.45, 7) is 3.67. The molecule has 168 valence electrons. The van der Waals surface area contributed by atoms with E-state index < -0.39 is 15.4 Å². The third-order valence-electron chi connectivity index (χ3n) is 6.61. The second-order valence-corrected chi connectivity index (χ2v) is 10.7. The lowest BCUT2D eigenvalue weighted by Crippen LogP contribution is -2.53. The molecule has 0 atom stereocenters. The van der Waals surface area contributed by atoms with Gasteiger partial charge in [0.15, 0.2) is 0 Å². The number of sulfonamides is 1. The fraction of sp³-hybridized carbons (Fsp3) is 0.696. The second kappa shape index (κ2) is 10.7. The number of hydrogen-bond acceptors (Lipinski definition) is 4. The van der Waals surface area contributed by atoms with Crippen LogP contribution in [0.5, 0.6) is 0 Å². The van der Waals surface area contributed by atoms with E-state index in [-0.39, 0.29) is 11.7 Å². The van der Waals surface area contributed by atoms with Crippen LogP contribution in [0.15, 0.2) is 30.3 Å². The summed E-state index contributed by atoms with van der Waals surface area (Å²) in [6, 6.07) is 9.79. The van der Waals surface area contributed by atoms with Crippen molar-refractivity contribution in [3.8, 4) is 0 Å².